The van der Waals surface area contributed by atoms with Gasteiger partial charge in [-0.15, -0.1) is 0 Å². The Labute approximate surface area is 167 Å². The molecule has 0 aliphatic rings. The third-order valence-electron chi connectivity index (χ3n) is 5.05. The van der Waals surface area contributed by atoms with Crippen LogP contribution in [0.15, 0.2) is 78.9 Å². The molecule has 0 aliphatic heterocycles. The lowest BCUT2D eigenvalue weighted by Gasteiger charge is -2.19. The normalized spacial score (nSPS) is 12.0. The summed E-state index contributed by atoms with van der Waals surface area (Å²) in [4.78, 5) is 24.7. The standard InChI is InChI=1S/C24H19FN2O2/c25-18-11-9-15(10-12-18)24(29)27-22(23(26)28)14-21-19-7-3-1-5-16(19)13-17-6-2-4-8-20(17)21/h1-13,22H,14H2,(H2,26,28)(H,27,29)/t22-/m0/s1. The summed E-state index contributed by atoms with van der Waals surface area (Å²) in [6.07, 6.45) is 0.254. The zero-order chi connectivity index (χ0) is 20.4. The first-order chi connectivity index (χ1) is 14.0. The van der Waals surface area contributed by atoms with Gasteiger partial charge in [0.05, 0.1) is 0 Å². The molecule has 1 atom stereocenters. The summed E-state index contributed by atoms with van der Waals surface area (Å²) < 4.78 is 13.1. The Hall–Kier alpha value is -3.73. The van der Waals surface area contributed by atoms with Crippen LogP contribution in [0.1, 0.15) is 15.9 Å². The van der Waals surface area contributed by atoms with Crippen molar-refractivity contribution < 1.29 is 14.0 Å². The smallest absolute Gasteiger partial charge is 0.251 e. The minimum Gasteiger partial charge on any atom is -0.368 e. The molecule has 144 valence electrons. The van der Waals surface area contributed by atoms with Crippen LogP contribution in [0.3, 0.4) is 0 Å². The molecule has 0 saturated carbocycles. The fraction of sp³-hybridized carbons (Fsp3) is 0.0833. The quantitative estimate of drug-likeness (QED) is 0.510. The van der Waals surface area contributed by atoms with Crippen molar-refractivity contribution in [1.29, 1.82) is 0 Å². The number of primary amides is 1. The van der Waals surface area contributed by atoms with Crippen molar-refractivity contribution >= 4 is 33.4 Å². The highest BCUT2D eigenvalue weighted by Crippen LogP contribution is 2.29. The van der Waals surface area contributed by atoms with Gasteiger partial charge in [0.2, 0.25) is 5.91 Å². The average molecular weight is 386 g/mol. The Bertz CT molecular complexity index is 1160. The van der Waals surface area contributed by atoms with Gasteiger partial charge in [0.15, 0.2) is 0 Å². The topological polar surface area (TPSA) is 72.2 Å². The zero-order valence-electron chi connectivity index (χ0n) is 15.6. The largest absolute Gasteiger partial charge is 0.368 e. The van der Waals surface area contributed by atoms with Crippen molar-refractivity contribution in [2.45, 2.75) is 12.5 Å². The summed E-state index contributed by atoms with van der Waals surface area (Å²) in [5.41, 5.74) is 6.82. The number of carbonyl (C=O) groups is 2. The number of carbonyl (C=O) groups excluding carboxylic acids is 2. The van der Waals surface area contributed by atoms with Gasteiger partial charge in [0.25, 0.3) is 5.91 Å². The van der Waals surface area contributed by atoms with Crippen molar-refractivity contribution in [2.75, 3.05) is 0 Å². The van der Waals surface area contributed by atoms with Crippen LogP contribution in [-0.2, 0) is 11.2 Å². The van der Waals surface area contributed by atoms with Gasteiger partial charge in [-0.05, 0) is 57.4 Å². The number of nitrogens with one attached hydrogen (secondary N) is 1. The molecule has 3 N–H and O–H groups in total. The molecule has 4 nitrogen and oxygen atoms in total. The second kappa shape index (κ2) is 7.72. The van der Waals surface area contributed by atoms with E-state index in [0.29, 0.717) is 0 Å². The number of fused-ring (bicyclic) bond motifs is 2. The second-order valence-corrected chi connectivity index (χ2v) is 6.94. The molecule has 0 bridgehead atoms. The highest BCUT2D eigenvalue weighted by atomic mass is 19.1. The average Bonchev–Trinajstić information content (AvgIpc) is 2.73. The van der Waals surface area contributed by atoms with E-state index < -0.39 is 23.7 Å². The zero-order valence-corrected chi connectivity index (χ0v) is 15.6. The summed E-state index contributed by atoms with van der Waals surface area (Å²) in [5, 5.41) is 6.81. The van der Waals surface area contributed by atoms with Gasteiger partial charge in [-0.25, -0.2) is 4.39 Å². The SMILES string of the molecule is NC(=O)[C@H](Cc1c2ccccc2cc2ccccc12)NC(=O)c1ccc(F)cc1. The first-order valence-corrected chi connectivity index (χ1v) is 9.28. The van der Waals surface area contributed by atoms with Crippen LogP contribution < -0.4 is 11.1 Å². The Kier molecular flexibility index (Phi) is 4.96. The maximum atomic E-state index is 13.1. The van der Waals surface area contributed by atoms with Gasteiger partial charge in [0.1, 0.15) is 11.9 Å². The van der Waals surface area contributed by atoms with E-state index in [1.807, 2.05) is 48.5 Å². The minimum absolute atomic E-state index is 0.254. The number of hydrogen-bond acceptors (Lipinski definition) is 2. The van der Waals surface area contributed by atoms with Gasteiger partial charge in [-0.1, -0.05) is 48.5 Å². The molecule has 0 aliphatic carbocycles. The summed E-state index contributed by atoms with van der Waals surface area (Å²) in [6.45, 7) is 0. The van der Waals surface area contributed by atoms with E-state index in [-0.39, 0.29) is 12.0 Å². The van der Waals surface area contributed by atoms with Crippen molar-refractivity contribution in [3.63, 3.8) is 0 Å². The first-order valence-electron chi connectivity index (χ1n) is 9.28. The Morgan fingerprint density at radius 2 is 1.41 bits per heavy atom. The molecule has 4 aromatic rings. The van der Waals surface area contributed by atoms with Crippen molar-refractivity contribution in [3.05, 3.63) is 95.8 Å². The Balaban J connectivity index is 1.73. The third-order valence-corrected chi connectivity index (χ3v) is 5.05. The lowest BCUT2D eigenvalue weighted by atomic mass is 9.92. The molecule has 0 fully saturated rings. The molecule has 4 rings (SSSR count). The number of benzene rings is 4. The minimum atomic E-state index is -0.901. The van der Waals surface area contributed by atoms with Gasteiger partial charge in [-0.2, -0.15) is 0 Å². The van der Waals surface area contributed by atoms with Gasteiger partial charge < -0.3 is 11.1 Å². The van der Waals surface area contributed by atoms with Gasteiger partial charge in [0, 0.05) is 12.0 Å². The van der Waals surface area contributed by atoms with Crippen molar-refractivity contribution in [1.82, 2.24) is 5.32 Å². The molecule has 2 amide bonds. The van der Waals surface area contributed by atoms with E-state index in [9.17, 15) is 14.0 Å². The monoisotopic (exact) mass is 386 g/mol. The van der Waals surface area contributed by atoms with Crippen LogP contribution in [0.5, 0.6) is 0 Å². The van der Waals surface area contributed by atoms with Crippen LogP contribution in [0.25, 0.3) is 21.5 Å². The predicted octanol–water partition coefficient (Wildman–Crippen LogP) is 3.96. The van der Waals surface area contributed by atoms with E-state index in [2.05, 4.69) is 11.4 Å². The highest BCUT2D eigenvalue weighted by Gasteiger charge is 2.22. The molecule has 0 saturated heterocycles. The van der Waals surface area contributed by atoms with E-state index in [0.717, 1.165) is 27.1 Å². The summed E-state index contributed by atoms with van der Waals surface area (Å²) in [5.74, 6) is -1.54. The summed E-state index contributed by atoms with van der Waals surface area (Å²) in [6, 6.07) is 22.2. The van der Waals surface area contributed by atoms with Crippen LogP contribution in [-0.4, -0.2) is 17.9 Å². The maximum absolute atomic E-state index is 13.1. The second-order valence-electron chi connectivity index (χ2n) is 6.94. The Morgan fingerprint density at radius 1 is 0.862 bits per heavy atom. The number of amides is 2. The number of nitrogens with two attached hydrogens (primary N) is 1. The molecule has 5 heteroatoms. The van der Waals surface area contributed by atoms with Crippen LogP contribution in [0.2, 0.25) is 0 Å². The molecule has 0 radical (unpaired) electrons. The van der Waals surface area contributed by atoms with E-state index in [1.54, 1.807) is 0 Å². The fourth-order valence-corrected chi connectivity index (χ4v) is 3.60. The van der Waals surface area contributed by atoms with Crippen LogP contribution in [0.4, 0.5) is 4.39 Å². The van der Waals surface area contributed by atoms with Crippen molar-refractivity contribution in [3.8, 4) is 0 Å². The molecule has 0 aromatic heterocycles. The fourth-order valence-electron chi connectivity index (χ4n) is 3.60. The van der Waals surface area contributed by atoms with Gasteiger partial charge in [-0.3, -0.25) is 9.59 Å². The van der Waals surface area contributed by atoms with Crippen LogP contribution in [0, 0.1) is 5.82 Å². The molecular formula is C24H19FN2O2. The summed E-state index contributed by atoms with van der Waals surface area (Å²) >= 11 is 0. The molecular weight excluding hydrogens is 367 g/mol. The molecule has 4 aromatic carbocycles. The number of hydrogen-bond donors (Lipinski definition) is 2. The first kappa shape index (κ1) is 18.6. The molecule has 0 spiro atoms. The van der Waals surface area contributed by atoms with E-state index >= 15 is 0 Å². The third kappa shape index (κ3) is 3.80. The number of rotatable bonds is 5. The maximum Gasteiger partial charge on any atom is 0.251 e. The molecule has 0 heterocycles. The lowest BCUT2D eigenvalue weighted by Crippen LogP contribution is -2.45. The van der Waals surface area contributed by atoms with Gasteiger partial charge >= 0.3 is 0 Å². The summed E-state index contributed by atoms with van der Waals surface area (Å²) in [7, 11) is 0. The van der Waals surface area contributed by atoms with Crippen molar-refractivity contribution in [2.24, 2.45) is 5.73 Å². The van der Waals surface area contributed by atoms with E-state index in [1.165, 1.54) is 24.3 Å². The van der Waals surface area contributed by atoms with E-state index in [4.69, 9.17) is 5.73 Å². The van der Waals surface area contributed by atoms with Crippen LogP contribution >= 0.6 is 0 Å². The predicted molar refractivity (Wildman–Crippen MR) is 112 cm³/mol. The molecule has 29 heavy (non-hydrogen) atoms. The number of halogens is 1. The molecule has 0 unspecified atom stereocenters. The lowest BCUT2D eigenvalue weighted by molar-refractivity contribution is -0.119. The Morgan fingerprint density at radius 3 is 1.97 bits per heavy atom. The highest BCUT2D eigenvalue weighted by molar-refractivity contribution is 6.03.